The number of carbonyl (C=O) groups excluding carboxylic acids is 2. The van der Waals surface area contributed by atoms with E-state index in [0.29, 0.717) is 36.2 Å². The number of cyclic esters (lactones) is 2. The number of hydrogen-bond acceptors (Lipinski definition) is 8. The quantitative estimate of drug-likeness (QED) is 0.422. The summed E-state index contributed by atoms with van der Waals surface area (Å²) in [5, 5.41) is 16.1. The second-order valence-corrected chi connectivity index (χ2v) is 8.57. The molecular formula is C24H30Cl2N4O8. The number of nitrogens with two attached hydrogens (primary N) is 2. The standard InChI is InChI=1S/2C10H11ClN2O2.2C2H4O2/c2*11-7-1-3-8(4-2-7)13-6-9(5-12)15-10(13)14;2*1-2(3)4/h2*1-4,9H,5-6,12H2;2*1H3,(H,3,4). The molecule has 2 unspecified atom stereocenters. The molecule has 2 aromatic rings. The lowest BCUT2D eigenvalue weighted by molar-refractivity contribution is -0.135. The molecule has 6 N–H and O–H groups in total. The Balaban J connectivity index is 0.000000298. The fourth-order valence-electron chi connectivity index (χ4n) is 2.95. The maximum absolute atomic E-state index is 11.4. The van der Waals surface area contributed by atoms with Gasteiger partial charge in [-0.25, -0.2) is 9.59 Å². The van der Waals surface area contributed by atoms with Crippen LogP contribution in [0.15, 0.2) is 48.5 Å². The summed E-state index contributed by atoms with van der Waals surface area (Å²) in [4.78, 5) is 44.0. The van der Waals surface area contributed by atoms with E-state index in [-0.39, 0.29) is 24.4 Å². The highest BCUT2D eigenvalue weighted by Gasteiger charge is 2.32. The average Bonchev–Trinajstić information content (AvgIpc) is 3.42. The van der Waals surface area contributed by atoms with Crippen LogP contribution in [0, 0.1) is 0 Å². The van der Waals surface area contributed by atoms with Gasteiger partial charge in [0.05, 0.1) is 13.1 Å². The number of halogens is 2. The van der Waals surface area contributed by atoms with Crippen LogP contribution in [0.5, 0.6) is 0 Å². The van der Waals surface area contributed by atoms with E-state index in [1.807, 2.05) is 0 Å². The van der Waals surface area contributed by atoms with E-state index in [4.69, 9.17) is 63.9 Å². The number of carboxylic acids is 2. The maximum Gasteiger partial charge on any atom is 0.414 e. The van der Waals surface area contributed by atoms with Crippen molar-refractivity contribution in [2.75, 3.05) is 36.0 Å². The van der Waals surface area contributed by atoms with E-state index in [2.05, 4.69) is 0 Å². The molecule has 2 aliphatic rings. The molecule has 12 nitrogen and oxygen atoms in total. The monoisotopic (exact) mass is 572 g/mol. The molecule has 14 heteroatoms. The second kappa shape index (κ2) is 16.3. The summed E-state index contributed by atoms with van der Waals surface area (Å²) < 4.78 is 10.1. The van der Waals surface area contributed by atoms with Crippen LogP contribution in [0.4, 0.5) is 21.0 Å². The van der Waals surface area contributed by atoms with Crippen LogP contribution in [0.3, 0.4) is 0 Å². The average molecular weight is 573 g/mol. The topological polar surface area (TPSA) is 186 Å². The van der Waals surface area contributed by atoms with Crippen molar-refractivity contribution in [1.82, 2.24) is 0 Å². The van der Waals surface area contributed by atoms with Gasteiger partial charge in [0.25, 0.3) is 11.9 Å². The molecule has 0 aromatic heterocycles. The van der Waals surface area contributed by atoms with Crippen LogP contribution in [0.2, 0.25) is 10.0 Å². The summed E-state index contributed by atoms with van der Waals surface area (Å²) in [6.45, 7) is 3.85. The van der Waals surface area contributed by atoms with Crippen LogP contribution in [0.25, 0.3) is 0 Å². The molecule has 0 spiro atoms. The Labute approximate surface area is 229 Å². The molecule has 2 atom stereocenters. The molecule has 38 heavy (non-hydrogen) atoms. The van der Waals surface area contributed by atoms with Gasteiger partial charge >= 0.3 is 12.2 Å². The van der Waals surface area contributed by atoms with E-state index in [1.54, 1.807) is 58.3 Å². The maximum atomic E-state index is 11.4. The SMILES string of the molecule is CC(=O)O.CC(=O)O.NCC1CN(c2ccc(Cl)cc2)C(=O)O1.NCC1CN(c2ccc(Cl)cc2)C(=O)O1. The molecule has 4 rings (SSSR count). The van der Waals surface area contributed by atoms with Crippen molar-refractivity contribution in [2.24, 2.45) is 11.5 Å². The largest absolute Gasteiger partial charge is 0.481 e. The third-order valence-corrected chi connectivity index (χ3v) is 5.05. The van der Waals surface area contributed by atoms with Gasteiger partial charge in [-0.2, -0.15) is 0 Å². The van der Waals surface area contributed by atoms with Gasteiger partial charge in [0.1, 0.15) is 12.2 Å². The zero-order valence-corrected chi connectivity index (χ0v) is 22.3. The summed E-state index contributed by atoms with van der Waals surface area (Å²) in [5.74, 6) is -1.67. The molecule has 2 amide bonds. The van der Waals surface area contributed by atoms with Gasteiger partial charge < -0.3 is 31.2 Å². The minimum absolute atomic E-state index is 0.215. The van der Waals surface area contributed by atoms with Gasteiger partial charge in [-0.1, -0.05) is 23.2 Å². The van der Waals surface area contributed by atoms with E-state index in [9.17, 15) is 9.59 Å². The first kappa shape index (κ1) is 32.4. The molecule has 2 fully saturated rings. The van der Waals surface area contributed by atoms with Crippen LogP contribution in [-0.2, 0) is 19.1 Å². The third-order valence-electron chi connectivity index (χ3n) is 4.55. The Morgan fingerprint density at radius 2 is 1.03 bits per heavy atom. The zero-order valence-electron chi connectivity index (χ0n) is 20.8. The molecular weight excluding hydrogens is 543 g/mol. The first-order chi connectivity index (χ1) is 17.9. The van der Waals surface area contributed by atoms with Crippen molar-refractivity contribution in [1.29, 1.82) is 0 Å². The van der Waals surface area contributed by atoms with Crippen molar-refractivity contribution in [2.45, 2.75) is 26.1 Å². The number of carboxylic acid groups (broad SMARTS) is 2. The molecule has 2 aromatic carbocycles. The highest BCUT2D eigenvalue weighted by atomic mass is 35.5. The summed E-state index contributed by atoms with van der Waals surface area (Å²) in [6.07, 6.45) is -1.14. The molecule has 208 valence electrons. The normalized spacial score (nSPS) is 17.5. The number of carbonyl (C=O) groups is 4. The number of nitrogens with zero attached hydrogens (tertiary/aromatic N) is 2. The molecule has 0 bridgehead atoms. The van der Waals surface area contributed by atoms with Gasteiger partial charge in [-0.05, 0) is 48.5 Å². The van der Waals surface area contributed by atoms with Crippen LogP contribution in [0.1, 0.15) is 13.8 Å². The minimum Gasteiger partial charge on any atom is -0.481 e. The number of hydrogen-bond donors (Lipinski definition) is 4. The number of benzene rings is 2. The molecule has 2 saturated heterocycles. The van der Waals surface area contributed by atoms with E-state index in [0.717, 1.165) is 25.2 Å². The fraction of sp³-hybridized carbons (Fsp3) is 0.333. The number of rotatable bonds is 4. The first-order valence-corrected chi connectivity index (χ1v) is 11.9. The summed E-state index contributed by atoms with van der Waals surface area (Å²) in [5.41, 5.74) is 12.4. The Morgan fingerprint density at radius 1 is 0.763 bits per heavy atom. The fourth-order valence-corrected chi connectivity index (χ4v) is 3.20. The Morgan fingerprint density at radius 3 is 1.24 bits per heavy atom. The number of anilines is 2. The van der Waals surface area contributed by atoms with Crippen LogP contribution in [-0.4, -0.2) is 72.7 Å². The third kappa shape index (κ3) is 11.6. The van der Waals surface area contributed by atoms with E-state index < -0.39 is 11.9 Å². The second-order valence-electron chi connectivity index (χ2n) is 7.70. The van der Waals surface area contributed by atoms with Crippen molar-refractivity contribution in [3.05, 3.63) is 58.6 Å². The van der Waals surface area contributed by atoms with E-state index in [1.165, 1.54) is 0 Å². The minimum atomic E-state index is -0.833. The van der Waals surface area contributed by atoms with Gasteiger partial charge in [-0.15, -0.1) is 0 Å². The summed E-state index contributed by atoms with van der Waals surface area (Å²) in [7, 11) is 0. The smallest absolute Gasteiger partial charge is 0.414 e. The zero-order chi connectivity index (χ0) is 28.8. The molecule has 0 radical (unpaired) electrons. The molecule has 0 saturated carbocycles. The Hall–Kier alpha value is -3.58. The predicted octanol–water partition coefficient (Wildman–Crippen LogP) is 3.43. The van der Waals surface area contributed by atoms with Crippen LogP contribution >= 0.6 is 23.2 Å². The van der Waals surface area contributed by atoms with Gasteiger partial charge in [0.2, 0.25) is 0 Å². The van der Waals surface area contributed by atoms with Crippen molar-refractivity contribution >= 4 is 58.7 Å². The lowest BCUT2D eigenvalue weighted by Crippen LogP contribution is -2.27. The van der Waals surface area contributed by atoms with Gasteiger partial charge in [0, 0.05) is 48.4 Å². The molecule has 2 aliphatic heterocycles. The highest BCUT2D eigenvalue weighted by Crippen LogP contribution is 2.24. The Kier molecular flexibility index (Phi) is 13.9. The van der Waals surface area contributed by atoms with E-state index >= 15 is 0 Å². The molecule has 2 heterocycles. The predicted molar refractivity (Wildman–Crippen MR) is 143 cm³/mol. The first-order valence-electron chi connectivity index (χ1n) is 11.1. The number of amides is 2. The summed E-state index contributed by atoms with van der Waals surface area (Å²) in [6, 6.07) is 14.1. The van der Waals surface area contributed by atoms with Crippen molar-refractivity contribution < 1.29 is 38.9 Å². The summed E-state index contributed by atoms with van der Waals surface area (Å²) >= 11 is 11.5. The number of ether oxygens (including phenoxy) is 2. The number of aliphatic carboxylic acids is 2. The van der Waals surface area contributed by atoms with Gasteiger partial charge in [-0.3, -0.25) is 19.4 Å². The lowest BCUT2D eigenvalue weighted by atomic mass is 10.3. The van der Waals surface area contributed by atoms with Gasteiger partial charge in [0.15, 0.2) is 0 Å². The molecule has 0 aliphatic carbocycles. The lowest BCUT2D eigenvalue weighted by Gasteiger charge is -2.12. The van der Waals surface area contributed by atoms with Crippen LogP contribution < -0.4 is 21.3 Å². The van der Waals surface area contributed by atoms with Crippen molar-refractivity contribution in [3.8, 4) is 0 Å². The Bertz CT molecular complexity index is 977. The van der Waals surface area contributed by atoms with Crippen molar-refractivity contribution in [3.63, 3.8) is 0 Å². The highest BCUT2D eigenvalue weighted by molar-refractivity contribution is 6.31.